The van der Waals surface area contributed by atoms with Gasteiger partial charge in [0.2, 0.25) is 5.91 Å². The summed E-state index contributed by atoms with van der Waals surface area (Å²) in [6.45, 7) is 4.91. The number of aliphatic hydroxyl groups excluding tert-OH is 2. The topological polar surface area (TPSA) is 95.9 Å². The predicted octanol–water partition coefficient (Wildman–Crippen LogP) is 23.3. The van der Waals surface area contributed by atoms with Gasteiger partial charge in [0.25, 0.3) is 0 Å². The zero-order valence-corrected chi connectivity index (χ0v) is 53.8. The largest absolute Gasteiger partial charge is 0.466 e. The number of hydrogen-bond donors (Lipinski definition) is 3. The monoisotopic (exact) mass is 1120 g/mol. The Kier molecular flexibility index (Phi) is 67.4. The maximum Gasteiger partial charge on any atom is 0.305 e. The van der Waals surface area contributed by atoms with Gasteiger partial charge in [0.1, 0.15) is 0 Å². The summed E-state index contributed by atoms with van der Waals surface area (Å²) in [5, 5.41) is 23.1. The fraction of sp³-hybridized carbons (Fsp3) is 0.865. The van der Waals surface area contributed by atoms with Gasteiger partial charge in [0, 0.05) is 12.8 Å². The Balaban J connectivity index is 3.38. The van der Waals surface area contributed by atoms with E-state index in [9.17, 15) is 19.8 Å². The molecule has 2 atom stereocenters. The zero-order valence-electron chi connectivity index (χ0n) is 53.8. The molecule has 0 heterocycles. The molecule has 0 saturated carbocycles. The summed E-state index contributed by atoms with van der Waals surface area (Å²) >= 11 is 0. The number of amides is 1. The van der Waals surface area contributed by atoms with Gasteiger partial charge in [-0.1, -0.05) is 332 Å². The Hall–Kier alpha value is -2.18. The average Bonchev–Trinajstić information content (AvgIpc) is 3.46. The standard InChI is InChI=1S/C74H139NO5/c1-3-5-7-9-11-13-15-17-18-19-33-37-40-44-48-52-56-60-64-68-74(79)80-69-65-61-57-53-49-45-41-38-35-32-30-28-26-24-22-20-21-23-25-27-29-31-34-36-39-43-47-51-55-59-63-67-73(78)75-71(70-76)72(77)66-62-58-54-50-46-42-16-14-12-10-8-6-4-2/h17-18,22,24,28,30,62,66,71-72,76-77H,3-16,19-21,23,25-27,29,31-61,63-65,67-70H2,1-2H3,(H,75,78)/b18-17-,24-22-,30-28-,66-62+. The van der Waals surface area contributed by atoms with Gasteiger partial charge in [0.15, 0.2) is 0 Å². The molecule has 0 aromatic carbocycles. The molecule has 2 unspecified atom stereocenters. The first-order valence-corrected chi connectivity index (χ1v) is 35.9. The second kappa shape index (κ2) is 69.3. The van der Waals surface area contributed by atoms with Crippen LogP contribution in [0.3, 0.4) is 0 Å². The molecule has 0 saturated heterocycles. The molecule has 0 spiro atoms. The lowest BCUT2D eigenvalue weighted by Crippen LogP contribution is -2.45. The lowest BCUT2D eigenvalue weighted by atomic mass is 10.0. The molecular weight excluding hydrogens is 983 g/mol. The van der Waals surface area contributed by atoms with Crippen LogP contribution in [0, 0.1) is 0 Å². The van der Waals surface area contributed by atoms with Crippen molar-refractivity contribution in [2.75, 3.05) is 13.2 Å². The van der Waals surface area contributed by atoms with Crippen molar-refractivity contribution in [2.24, 2.45) is 0 Å². The Morgan fingerprint density at radius 3 is 0.963 bits per heavy atom. The number of carbonyl (C=O) groups excluding carboxylic acids is 2. The van der Waals surface area contributed by atoms with Crippen molar-refractivity contribution < 1.29 is 24.5 Å². The number of ether oxygens (including phenoxy) is 1. The number of allylic oxidation sites excluding steroid dienone is 7. The summed E-state index contributed by atoms with van der Waals surface area (Å²) in [5.74, 6) is -0.0539. The number of esters is 1. The van der Waals surface area contributed by atoms with E-state index in [0.717, 1.165) is 51.4 Å². The summed E-state index contributed by atoms with van der Waals surface area (Å²) in [6.07, 6.45) is 90.6. The first kappa shape index (κ1) is 77.8. The van der Waals surface area contributed by atoms with Crippen LogP contribution in [-0.4, -0.2) is 47.4 Å². The smallest absolute Gasteiger partial charge is 0.305 e. The van der Waals surface area contributed by atoms with Gasteiger partial charge < -0.3 is 20.3 Å². The van der Waals surface area contributed by atoms with E-state index >= 15 is 0 Å². The lowest BCUT2D eigenvalue weighted by molar-refractivity contribution is -0.143. The summed E-state index contributed by atoms with van der Waals surface area (Å²) in [7, 11) is 0. The van der Waals surface area contributed by atoms with Crippen LogP contribution in [0.2, 0.25) is 0 Å². The lowest BCUT2D eigenvalue weighted by Gasteiger charge is -2.20. The van der Waals surface area contributed by atoms with E-state index in [-0.39, 0.29) is 18.5 Å². The molecule has 0 aliphatic rings. The molecule has 470 valence electrons. The quantitative estimate of drug-likeness (QED) is 0.0320. The fourth-order valence-electron chi connectivity index (χ4n) is 11.1. The molecule has 6 heteroatoms. The van der Waals surface area contributed by atoms with Gasteiger partial charge in [-0.25, -0.2) is 0 Å². The number of nitrogens with one attached hydrogen (secondary N) is 1. The predicted molar refractivity (Wildman–Crippen MR) is 352 cm³/mol. The van der Waals surface area contributed by atoms with Crippen LogP contribution in [0.1, 0.15) is 386 Å². The van der Waals surface area contributed by atoms with Crippen LogP contribution in [-0.2, 0) is 14.3 Å². The molecule has 0 aromatic rings. The fourth-order valence-corrected chi connectivity index (χ4v) is 11.1. The van der Waals surface area contributed by atoms with Crippen LogP contribution in [0.5, 0.6) is 0 Å². The second-order valence-electron chi connectivity index (χ2n) is 24.6. The van der Waals surface area contributed by atoms with E-state index in [2.05, 4.69) is 55.6 Å². The van der Waals surface area contributed by atoms with E-state index in [1.807, 2.05) is 6.08 Å². The van der Waals surface area contributed by atoms with Crippen molar-refractivity contribution in [3.8, 4) is 0 Å². The van der Waals surface area contributed by atoms with Gasteiger partial charge in [0.05, 0.1) is 25.4 Å². The SMILES string of the molecule is CCCCCCCC/C=C\CCCCCCCCCCCC(=O)OCCCCCCCCCCC/C=C\C/C=C\CCCCCCCCCCCCCCCCCC(=O)NC(CO)C(O)/C=C/CCCCCCCCCCCCC. The third kappa shape index (κ3) is 65.0. The Morgan fingerprint density at radius 2 is 0.625 bits per heavy atom. The third-order valence-corrected chi connectivity index (χ3v) is 16.6. The summed E-state index contributed by atoms with van der Waals surface area (Å²) in [5.41, 5.74) is 0. The highest BCUT2D eigenvalue weighted by Crippen LogP contribution is 2.18. The van der Waals surface area contributed by atoms with Crippen LogP contribution < -0.4 is 5.32 Å². The molecule has 3 N–H and O–H groups in total. The highest BCUT2D eigenvalue weighted by molar-refractivity contribution is 5.76. The first-order chi connectivity index (χ1) is 39.5. The molecule has 0 aromatic heterocycles. The van der Waals surface area contributed by atoms with Gasteiger partial charge >= 0.3 is 5.97 Å². The molecule has 0 bridgehead atoms. The van der Waals surface area contributed by atoms with E-state index < -0.39 is 12.1 Å². The molecule has 0 rings (SSSR count). The van der Waals surface area contributed by atoms with Gasteiger partial charge in [-0.05, 0) is 89.9 Å². The first-order valence-electron chi connectivity index (χ1n) is 35.9. The third-order valence-electron chi connectivity index (χ3n) is 16.6. The number of aliphatic hydroxyl groups is 2. The molecule has 6 nitrogen and oxygen atoms in total. The average molecular weight is 1120 g/mol. The number of unbranched alkanes of at least 4 members (excludes halogenated alkanes) is 50. The highest BCUT2D eigenvalue weighted by Gasteiger charge is 2.18. The molecule has 0 aliphatic carbocycles. The minimum atomic E-state index is -0.844. The molecular formula is C74H139NO5. The second-order valence-corrected chi connectivity index (χ2v) is 24.6. The molecule has 0 fully saturated rings. The summed E-state index contributed by atoms with van der Waals surface area (Å²) < 4.78 is 5.51. The van der Waals surface area contributed by atoms with E-state index in [4.69, 9.17) is 4.74 Å². The minimum Gasteiger partial charge on any atom is -0.466 e. The van der Waals surface area contributed by atoms with Crippen molar-refractivity contribution in [1.82, 2.24) is 5.32 Å². The normalized spacial score (nSPS) is 12.8. The molecule has 0 aliphatic heterocycles. The molecule has 1 amide bonds. The van der Waals surface area contributed by atoms with Crippen LogP contribution in [0.25, 0.3) is 0 Å². The van der Waals surface area contributed by atoms with Crippen molar-refractivity contribution in [1.29, 1.82) is 0 Å². The Labute approximate surface area is 499 Å². The number of carbonyl (C=O) groups is 2. The maximum absolute atomic E-state index is 12.5. The van der Waals surface area contributed by atoms with Gasteiger partial charge in [-0.2, -0.15) is 0 Å². The van der Waals surface area contributed by atoms with E-state index in [1.54, 1.807) is 6.08 Å². The van der Waals surface area contributed by atoms with Crippen molar-refractivity contribution in [2.45, 2.75) is 398 Å². The number of rotatable bonds is 67. The summed E-state index contributed by atoms with van der Waals surface area (Å²) in [4.78, 5) is 24.6. The van der Waals surface area contributed by atoms with Crippen molar-refractivity contribution in [3.63, 3.8) is 0 Å². The van der Waals surface area contributed by atoms with E-state index in [1.165, 1.54) is 308 Å². The van der Waals surface area contributed by atoms with E-state index in [0.29, 0.717) is 19.4 Å². The molecule has 80 heavy (non-hydrogen) atoms. The van der Waals surface area contributed by atoms with Crippen LogP contribution >= 0.6 is 0 Å². The van der Waals surface area contributed by atoms with Crippen LogP contribution in [0.15, 0.2) is 48.6 Å². The Morgan fingerprint density at radius 1 is 0.350 bits per heavy atom. The maximum atomic E-state index is 12.5. The number of hydrogen-bond acceptors (Lipinski definition) is 5. The van der Waals surface area contributed by atoms with Crippen LogP contribution in [0.4, 0.5) is 0 Å². The van der Waals surface area contributed by atoms with Gasteiger partial charge in [-0.3, -0.25) is 9.59 Å². The Bertz CT molecular complexity index is 1340. The molecule has 0 radical (unpaired) electrons. The van der Waals surface area contributed by atoms with Crippen molar-refractivity contribution >= 4 is 11.9 Å². The summed E-state index contributed by atoms with van der Waals surface area (Å²) in [6, 6.07) is -0.627. The van der Waals surface area contributed by atoms with Gasteiger partial charge in [-0.15, -0.1) is 0 Å². The van der Waals surface area contributed by atoms with Crippen molar-refractivity contribution in [3.05, 3.63) is 48.6 Å². The minimum absolute atomic E-state index is 0.0126. The highest BCUT2D eigenvalue weighted by atomic mass is 16.5. The zero-order chi connectivity index (χ0) is 57.8.